The second-order valence-electron chi connectivity index (χ2n) is 5.05. The second kappa shape index (κ2) is 5.69. The van der Waals surface area contributed by atoms with Crippen molar-refractivity contribution in [1.82, 2.24) is 4.57 Å². The molecule has 0 N–H and O–H groups in total. The third-order valence-corrected chi connectivity index (χ3v) is 2.80. The van der Waals surface area contributed by atoms with Crippen molar-refractivity contribution < 1.29 is 9.53 Å². The van der Waals surface area contributed by atoms with Gasteiger partial charge < -0.3 is 9.30 Å². The van der Waals surface area contributed by atoms with Gasteiger partial charge in [-0.05, 0) is 33.3 Å². The van der Waals surface area contributed by atoms with Crippen molar-refractivity contribution in [2.24, 2.45) is 0 Å². The SMILES string of the molecule is CC[C@H](C(=O)OC(C)(C)C)n1ccc(Br)cc1=O. The van der Waals surface area contributed by atoms with Crippen molar-refractivity contribution in [2.45, 2.75) is 45.8 Å². The molecular weight excluding hydrogens is 298 g/mol. The highest BCUT2D eigenvalue weighted by Crippen LogP contribution is 2.17. The van der Waals surface area contributed by atoms with Gasteiger partial charge in [-0.3, -0.25) is 4.79 Å². The smallest absolute Gasteiger partial charge is 0.329 e. The number of rotatable bonds is 3. The summed E-state index contributed by atoms with van der Waals surface area (Å²) in [4.78, 5) is 23.9. The summed E-state index contributed by atoms with van der Waals surface area (Å²) >= 11 is 3.22. The van der Waals surface area contributed by atoms with E-state index in [1.807, 2.05) is 27.7 Å². The zero-order valence-corrected chi connectivity index (χ0v) is 12.7. The fraction of sp³-hybridized carbons (Fsp3) is 0.538. The maximum atomic E-state index is 12.0. The van der Waals surface area contributed by atoms with Crippen LogP contribution in [0.25, 0.3) is 0 Å². The van der Waals surface area contributed by atoms with E-state index in [2.05, 4.69) is 15.9 Å². The van der Waals surface area contributed by atoms with E-state index in [4.69, 9.17) is 4.74 Å². The largest absolute Gasteiger partial charge is 0.458 e. The van der Waals surface area contributed by atoms with E-state index >= 15 is 0 Å². The van der Waals surface area contributed by atoms with Gasteiger partial charge in [-0.25, -0.2) is 4.79 Å². The van der Waals surface area contributed by atoms with Crippen LogP contribution in [0.4, 0.5) is 0 Å². The molecule has 0 bridgehead atoms. The maximum Gasteiger partial charge on any atom is 0.329 e. The van der Waals surface area contributed by atoms with Crippen molar-refractivity contribution in [3.8, 4) is 0 Å². The van der Waals surface area contributed by atoms with Gasteiger partial charge in [-0.1, -0.05) is 22.9 Å². The normalized spacial score (nSPS) is 13.2. The van der Waals surface area contributed by atoms with Crippen LogP contribution in [0.2, 0.25) is 0 Å². The van der Waals surface area contributed by atoms with Crippen LogP contribution >= 0.6 is 15.9 Å². The van der Waals surface area contributed by atoms with Gasteiger partial charge in [-0.15, -0.1) is 0 Å². The molecule has 0 amide bonds. The molecule has 1 aromatic rings. The van der Waals surface area contributed by atoms with Gasteiger partial charge in [0.2, 0.25) is 0 Å². The first-order valence-corrected chi connectivity index (χ1v) is 6.64. The van der Waals surface area contributed by atoms with Crippen LogP contribution in [0.1, 0.15) is 40.2 Å². The van der Waals surface area contributed by atoms with Crippen LogP contribution in [0, 0.1) is 0 Å². The van der Waals surface area contributed by atoms with E-state index in [1.165, 1.54) is 10.6 Å². The van der Waals surface area contributed by atoms with Crippen molar-refractivity contribution in [3.05, 3.63) is 33.2 Å². The number of aromatic nitrogens is 1. The number of nitrogens with zero attached hydrogens (tertiary/aromatic N) is 1. The summed E-state index contributed by atoms with van der Waals surface area (Å²) in [6.07, 6.45) is 2.11. The first kappa shape index (κ1) is 15.0. The van der Waals surface area contributed by atoms with E-state index in [0.717, 1.165) is 0 Å². The van der Waals surface area contributed by atoms with Gasteiger partial charge in [0.15, 0.2) is 0 Å². The Labute approximate surface area is 115 Å². The molecule has 1 heterocycles. The number of pyridine rings is 1. The maximum absolute atomic E-state index is 12.0. The van der Waals surface area contributed by atoms with Gasteiger partial charge in [-0.2, -0.15) is 0 Å². The molecule has 100 valence electrons. The number of hydrogen-bond acceptors (Lipinski definition) is 3. The van der Waals surface area contributed by atoms with Gasteiger partial charge in [0.1, 0.15) is 11.6 Å². The summed E-state index contributed by atoms with van der Waals surface area (Å²) in [5.41, 5.74) is -0.772. The molecule has 0 radical (unpaired) electrons. The Kier molecular flexibility index (Phi) is 4.73. The van der Waals surface area contributed by atoms with Gasteiger partial charge in [0, 0.05) is 16.7 Å². The Morgan fingerprint density at radius 1 is 1.50 bits per heavy atom. The number of ether oxygens (including phenoxy) is 1. The Bertz CT molecular complexity index is 488. The Morgan fingerprint density at radius 3 is 2.56 bits per heavy atom. The summed E-state index contributed by atoms with van der Waals surface area (Å²) in [7, 11) is 0. The molecule has 0 spiro atoms. The van der Waals surface area contributed by atoms with Crippen molar-refractivity contribution in [2.75, 3.05) is 0 Å². The molecule has 0 saturated heterocycles. The molecule has 0 aliphatic carbocycles. The highest BCUT2D eigenvalue weighted by atomic mass is 79.9. The molecule has 0 aromatic carbocycles. The van der Waals surface area contributed by atoms with Crippen LogP contribution in [0.3, 0.4) is 0 Å². The van der Waals surface area contributed by atoms with E-state index in [1.54, 1.807) is 12.3 Å². The zero-order valence-electron chi connectivity index (χ0n) is 11.1. The fourth-order valence-electron chi connectivity index (χ4n) is 1.57. The van der Waals surface area contributed by atoms with Gasteiger partial charge >= 0.3 is 5.97 Å². The third-order valence-electron chi connectivity index (χ3n) is 2.31. The lowest BCUT2D eigenvalue weighted by Gasteiger charge is -2.24. The van der Waals surface area contributed by atoms with E-state index in [0.29, 0.717) is 10.9 Å². The summed E-state index contributed by atoms with van der Waals surface area (Å²) in [6.45, 7) is 7.27. The molecule has 18 heavy (non-hydrogen) atoms. The fourth-order valence-corrected chi connectivity index (χ4v) is 1.88. The summed E-state index contributed by atoms with van der Waals surface area (Å²) in [6, 6.07) is 2.59. The molecule has 0 aliphatic heterocycles. The van der Waals surface area contributed by atoms with Crippen LogP contribution < -0.4 is 5.56 Å². The number of carbonyl (C=O) groups is 1. The highest BCUT2D eigenvalue weighted by molar-refractivity contribution is 9.10. The molecule has 0 fully saturated rings. The lowest BCUT2D eigenvalue weighted by atomic mass is 10.1. The topological polar surface area (TPSA) is 48.3 Å². The summed E-state index contributed by atoms with van der Waals surface area (Å²) < 4.78 is 7.42. The minimum atomic E-state index is -0.579. The lowest BCUT2D eigenvalue weighted by molar-refractivity contribution is -0.159. The van der Waals surface area contributed by atoms with Gasteiger partial charge in [0.25, 0.3) is 5.56 Å². The molecule has 4 nitrogen and oxygen atoms in total. The highest BCUT2D eigenvalue weighted by Gasteiger charge is 2.25. The monoisotopic (exact) mass is 315 g/mol. The van der Waals surface area contributed by atoms with Crippen LogP contribution in [-0.4, -0.2) is 16.1 Å². The molecule has 0 saturated carbocycles. The van der Waals surface area contributed by atoms with E-state index < -0.39 is 11.6 Å². The molecular formula is C13H18BrNO3. The third kappa shape index (κ3) is 3.98. The summed E-state index contributed by atoms with van der Waals surface area (Å²) in [5, 5.41) is 0. The number of carbonyl (C=O) groups excluding carboxylic acids is 1. The average Bonchev–Trinajstić information content (AvgIpc) is 2.19. The summed E-state index contributed by atoms with van der Waals surface area (Å²) in [5.74, 6) is -0.380. The first-order valence-electron chi connectivity index (χ1n) is 5.85. The van der Waals surface area contributed by atoms with E-state index in [-0.39, 0.29) is 11.5 Å². The standard InChI is InChI=1S/C13H18BrNO3/c1-5-10(12(17)18-13(2,3)4)15-7-6-9(14)8-11(15)16/h6-8,10H,5H2,1-4H3/t10-/m1/s1. The Balaban J connectivity index is 3.03. The Hall–Kier alpha value is -1.10. The second-order valence-corrected chi connectivity index (χ2v) is 5.96. The van der Waals surface area contributed by atoms with Gasteiger partial charge in [0.05, 0.1) is 0 Å². The molecule has 1 atom stereocenters. The number of esters is 1. The lowest BCUT2D eigenvalue weighted by Crippen LogP contribution is -2.34. The zero-order chi connectivity index (χ0) is 13.9. The van der Waals surface area contributed by atoms with Crippen LogP contribution in [0.5, 0.6) is 0 Å². The predicted molar refractivity (Wildman–Crippen MR) is 73.6 cm³/mol. The predicted octanol–water partition coefficient (Wildman–Crippen LogP) is 2.90. The minimum Gasteiger partial charge on any atom is -0.458 e. The number of halogens is 1. The molecule has 0 unspecified atom stereocenters. The Morgan fingerprint density at radius 2 is 2.11 bits per heavy atom. The van der Waals surface area contributed by atoms with E-state index in [9.17, 15) is 9.59 Å². The van der Waals surface area contributed by atoms with Crippen molar-refractivity contribution >= 4 is 21.9 Å². The van der Waals surface area contributed by atoms with Crippen LogP contribution in [-0.2, 0) is 9.53 Å². The molecule has 1 aromatic heterocycles. The first-order chi connectivity index (χ1) is 8.24. The number of hydrogen-bond donors (Lipinski definition) is 0. The van der Waals surface area contributed by atoms with Crippen molar-refractivity contribution in [3.63, 3.8) is 0 Å². The molecule has 0 aliphatic rings. The van der Waals surface area contributed by atoms with Crippen LogP contribution in [0.15, 0.2) is 27.6 Å². The quantitative estimate of drug-likeness (QED) is 0.806. The minimum absolute atomic E-state index is 0.220. The van der Waals surface area contributed by atoms with Crippen molar-refractivity contribution in [1.29, 1.82) is 0 Å². The average molecular weight is 316 g/mol. The molecule has 5 heteroatoms. The molecule has 1 rings (SSSR count).